The first kappa shape index (κ1) is 29.6. The van der Waals surface area contributed by atoms with Crippen LogP contribution in [0.1, 0.15) is 79.2 Å². The number of rotatable bonds is 7. The Morgan fingerprint density at radius 3 is 2.06 bits per heavy atom. The molecule has 0 unspecified atom stereocenters. The van der Waals surface area contributed by atoms with Crippen molar-refractivity contribution in [3.63, 3.8) is 0 Å². The molecule has 0 bridgehead atoms. The number of hydrogen-bond acceptors (Lipinski definition) is 5. The van der Waals surface area contributed by atoms with Crippen LogP contribution in [0.25, 0.3) is 0 Å². The van der Waals surface area contributed by atoms with Crippen LogP contribution in [0, 0.1) is 12.8 Å². The molecule has 0 spiro atoms. The third-order valence-electron chi connectivity index (χ3n) is 5.19. The lowest BCUT2D eigenvalue weighted by molar-refractivity contribution is -0.138. The van der Waals surface area contributed by atoms with Gasteiger partial charge in [0, 0.05) is 18.7 Å². The van der Waals surface area contributed by atoms with E-state index in [4.69, 9.17) is 4.74 Å². The van der Waals surface area contributed by atoms with Crippen molar-refractivity contribution >= 4 is 12.7 Å². The molecule has 1 aliphatic carbocycles. The maximum atomic E-state index is 12.1. The first-order chi connectivity index (χ1) is 15.4. The largest absolute Gasteiger partial charge is 0.463 e. The maximum absolute atomic E-state index is 12.1. The fourth-order valence-electron chi connectivity index (χ4n) is 3.75. The molecule has 0 atom stereocenters. The van der Waals surface area contributed by atoms with Crippen LogP contribution < -0.4 is 5.43 Å². The average Bonchev–Trinajstić information content (AvgIpc) is 2.81. The van der Waals surface area contributed by atoms with Crippen molar-refractivity contribution < 1.29 is 9.53 Å². The van der Waals surface area contributed by atoms with Gasteiger partial charge in [-0.1, -0.05) is 74.6 Å². The summed E-state index contributed by atoms with van der Waals surface area (Å²) in [6, 6.07) is 10.3. The Labute approximate surface area is 196 Å². The van der Waals surface area contributed by atoms with Crippen LogP contribution in [0.4, 0.5) is 0 Å². The van der Waals surface area contributed by atoms with Gasteiger partial charge in [-0.3, -0.25) is 5.01 Å². The van der Waals surface area contributed by atoms with Crippen molar-refractivity contribution in [1.82, 2.24) is 10.4 Å². The van der Waals surface area contributed by atoms with E-state index >= 15 is 0 Å². The minimum Gasteiger partial charge on any atom is -0.463 e. The molecule has 5 heteroatoms. The number of aryl methyl sites for hydroxylation is 1. The number of allylic oxidation sites excluding steroid dienone is 2. The molecular formula is C27H45N3O2. The van der Waals surface area contributed by atoms with Gasteiger partial charge in [-0.2, -0.15) is 0 Å². The Hall–Kier alpha value is -2.40. The van der Waals surface area contributed by atoms with E-state index in [9.17, 15) is 4.79 Å². The van der Waals surface area contributed by atoms with E-state index in [1.807, 2.05) is 44.1 Å². The van der Waals surface area contributed by atoms with E-state index in [-0.39, 0.29) is 5.97 Å². The second-order valence-corrected chi connectivity index (χ2v) is 7.76. The van der Waals surface area contributed by atoms with Gasteiger partial charge < -0.3 is 4.74 Å². The zero-order valence-corrected chi connectivity index (χ0v) is 21.6. The van der Waals surface area contributed by atoms with Gasteiger partial charge in [0.1, 0.15) is 0 Å². The zero-order valence-electron chi connectivity index (χ0n) is 21.6. The lowest BCUT2D eigenvalue weighted by Crippen LogP contribution is -2.38. The molecule has 32 heavy (non-hydrogen) atoms. The summed E-state index contributed by atoms with van der Waals surface area (Å²) < 4.78 is 5.11. The molecule has 0 amide bonds. The molecule has 2 rings (SSSR count). The highest BCUT2D eigenvalue weighted by atomic mass is 16.5. The molecule has 0 aliphatic heterocycles. The molecule has 180 valence electrons. The van der Waals surface area contributed by atoms with Crippen LogP contribution in [0.15, 0.2) is 58.0 Å². The van der Waals surface area contributed by atoms with Crippen LogP contribution in [0.3, 0.4) is 0 Å². The number of carbonyl (C=O) groups excluding carboxylic acids is 1. The summed E-state index contributed by atoms with van der Waals surface area (Å²) >= 11 is 0. The van der Waals surface area contributed by atoms with E-state index in [2.05, 4.69) is 50.0 Å². The van der Waals surface area contributed by atoms with Gasteiger partial charge >= 0.3 is 5.97 Å². The van der Waals surface area contributed by atoms with Crippen molar-refractivity contribution in [3.05, 3.63) is 58.6 Å². The number of carbonyl (C=O) groups is 1. The summed E-state index contributed by atoms with van der Waals surface area (Å²) in [5, 5.41) is 1.91. The number of nitrogens with zero attached hydrogens (tertiary/aromatic N) is 2. The highest BCUT2D eigenvalue weighted by Gasteiger charge is 2.27. The zero-order chi connectivity index (χ0) is 24.5. The van der Waals surface area contributed by atoms with E-state index in [0.29, 0.717) is 23.9 Å². The molecule has 1 fully saturated rings. The molecule has 1 aromatic carbocycles. The summed E-state index contributed by atoms with van der Waals surface area (Å²) in [4.78, 5) is 16.2. The van der Waals surface area contributed by atoms with Gasteiger partial charge in [0.2, 0.25) is 0 Å². The van der Waals surface area contributed by atoms with Gasteiger partial charge in [0.15, 0.2) is 5.82 Å². The minimum absolute atomic E-state index is 0.346. The minimum atomic E-state index is -0.355. The molecule has 0 aromatic heterocycles. The smallest absolute Gasteiger partial charge is 0.337 e. The Morgan fingerprint density at radius 1 is 1.12 bits per heavy atom. The molecular weight excluding hydrogens is 398 g/mol. The fourth-order valence-corrected chi connectivity index (χ4v) is 3.75. The van der Waals surface area contributed by atoms with Gasteiger partial charge in [0.25, 0.3) is 0 Å². The molecule has 1 saturated carbocycles. The first-order valence-electron chi connectivity index (χ1n) is 11.9. The molecule has 1 aliphatic rings. The Kier molecular flexibility index (Phi) is 15.9. The predicted octanol–water partition coefficient (Wildman–Crippen LogP) is 6.81. The Morgan fingerprint density at radius 2 is 1.69 bits per heavy atom. The first-order valence-corrected chi connectivity index (χ1v) is 11.9. The van der Waals surface area contributed by atoms with Gasteiger partial charge in [-0.25, -0.2) is 15.2 Å². The van der Waals surface area contributed by atoms with Gasteiger partial charge in [-0.15, -0.1) is 0 Å². The summed E-state index contributed by atoms with van der Waals surface area (Å²) in [6.07, 6.45) is 6.13. The third kappa shape index (κ3) is 9.82. The number of ether oxygens (including phenoxy) is 1. The topological polar surface area (TPSA) is 53.9 Å². The quantitative estimate of drug-likeness (QED) is 0.218. The van der Waals surface area contributed by atoms with Crippen LogP contribution >= 0.6 is 0 Å². The summed E-state index contributed by atoms with van der Waals surface area (Å²) in [5.74, 6) is 0.646. The number of hydrazine groups is 1. The average molecular weight is 444 g/mol. The van der Waals surface area contributed by atoms with Crippen molar-refractivity contribution in [3.8, 4) is 0 Å². The van der Waals surface area contributed by atoms with Gasteiger partial charge in [-0.05, 0) is 54.2 Å². The van der Waals surface area contributed by atoms with E-state index in [0.717, 1.165) is 0 Å². The molecule has 0 saturated heterocycles. The molecule has 0 heterocycles. The third-order valence-corrected chi connectivity index (χ3v) is 5.19. The number of aliphatic imine (C=N–C) groups is 1. The van der Waals surface area contributed by atoms with E-state index < -0.39 is 0 Å². The standard InChI is InChI=1S/C18H31N3O2.C7H8.C2H6/c1-7-23-18(22)14(4)17(19-5)21(20-6)16(13(2)3)15-11-9-8-10-12-15;1-7-5-3-2-4-6-7;1-2/h15,20H,5,7-12H2,1-4,6H3;2-6H,1H3;1-2H3/b17-14+;;. The molecule has 1 N–H and O–H groups in total. The maximum Gasteiger partial charge on any atom is 0.337 e. The highest BCUT2D eigenvalue weighted by molar-refractivity contribution is 5.88. The number of hydrogen-bond donors (Lipinski definition) is 1. The van der Waals surface area contributed by atoms with Crippen LogP contribution in [-0.4, -0.2) is 31.4 Å². The van der Waals surface area contributed by atoms with Crippen molar-refractivity contribution in [1.29, 1.82) is 0 Å². The monoisotopic (exact) mass is 443 g/mol. The predicted molar refractivity (Wildman–Crippen MR) is 137 cm³/mol. The normalized spacial score (nSPS) is 13.9. The van der Waals surface area contributed by atoms with Crippen LogP contribution in [-0.2, 0) is 9.53 Å². The molecule has 5 nitrogen and oxygen atoms in total. The second-order valence-electron chi connectivity index (χ2n) is 7.76. The molecule has 0 radical (unpaired) electrons. The number of esters is 1. The van der Waals surface area contributed by atoms with Crippen molar-refractivity contribution in [2.24, 2.45) is 10.9 Å². The van der Waals surface area contributed by atoms with Crippen LogP contribution in [0.5, 0.6) is 0 Å². The highest BCUT2D eigenvalue weighted by Crippen LogP contribution is 2.34. The van der Waals surface area contributed by atoms with Gasteiger partial charge in [0.05, 0.1) is 12.2 Å². The Bertz CT molecular complexity index is 729. The van der Waals surface area contributed by atoms with Crippen molar-refractivity contribution in [2.75, 3.05) is 13.7 Å². The fraction of sp³-hybridized carbons (Fsp3) is 0.556. The summed E-state index contributed by atoms with van der Waals surface area (Å²) in [6.45, 7) is 17.8. The number of benzene rings is 1. The second kappa shape index (κ2) is 17.2. The number of nitrogens with one attached hydrogen (secondary N) is 1. The summed E-state index contributed by atoms with van der Waals surface area (Å²) in [5.41, 5.74) is 7.39. The van der Waals surface area contributed by atoms with Crippen LogP contribution in [0.2, 0.25) is 0 Å². The summed E-state index contributed by atoms with van der Waals surface area (Å²) in [7, 11) is 1.84. The lowest BCUT2D eigenvalue weighted by atomic mass is 9.85. The lowest BCUT2D eigenvalue weighted by Gasteiger charge is -2.35. The molecule has 1 aromatic rings. The van der Waals surface area contributed by atoms with E-state index in [1.165, 1.54) is 48.9 Å². The van der Waals surface area contributed by atoms with Crippen molar-refractivity contribution in [2.45, 2.75) is 80.6 Å². The Balaban J connectivity index is 0.000000889. The van der Waals surface area contributed by atoms with E-state index in [1.54, 1.807) is 13.8 Å². The SMILES string of the molecule is C=N/C(=C(/C)C(=O)OCC)N(NC)C(=C(C)C)C1CCCCC1.CC.Cc1ccccc1.